The summed E-state index contributed by atoms with van der Waals surface area (Å²) >= 11 is 11.4. The summed E-state index contributed by atoms with van der Waals surface area (Å²) < 4.78 is 1.74. The summed E-state index contributed by atoms with van der Waals surface area (Å²) in [4.78, 5) is 4.24. The van der Waals surface area contributed by atoms with Crippen LogP contribution in [0.3, 0.4) is 0 Å². The molecule has 0 aliphatic heterocycles. The first-order chi connectivity index (χ1) is 13.1. The van der Waals surface area contributed by atoms with Gasteiger partial charge in [-0.05, 0) is 60.5 Å². The predicted molar refractivity (Wildman–Crippen MR) is 115 cm³/mol. The van der Waals surface area contributed by atoms with Gasteiger partial charge in [0.25, 0.3) is 0 Å². The fourth-order valence-electron chi connectivity index (χ4n) is 2.65. The molecule has 1 heterocycles. The molecule has 0 aliphatic rings. The molecule has 0 amide bonds. The molecule has 0 unspecified atom stereocenters. The van der Waals surface area contributed by atoms with Crippen molar-refractivity contribution in [3.05, 3.63) is 71.0 Å². The summed E-state index contributed by atoms with van der Waals surface area (Å²) in [6.07, 6.45) is 5.17. The minimum absolute atomic E-state index is 0.453. The van der Waals surface area contributed by atoms with Gasteiger partial charge in [-0.2, -0.15) is 0 Å². The third-order valence-electron chi connectivity index (χ3n) is 4.03. The molecule has 0 atom stereocenters. The van der Waals surface area contributed by atoms with E-state index in [-0.39, 0.29) is 0 Å². The molecular weight excluding hydrogens is 378 g/mol. The summed E-state index contributed by atoms with van der Waals surface area (Å²) in [7, 11) is 0. The molecule has 7 heteroatoms. The van der Waals surface area contributed by atoms with Crippen molar-refractivity contribution < 1.29 is 0 Å². The van der Waals surface area contributed by atoms with Crippen LogP contribution in [-0.2, 0) is 13.0 Å². The molecule has 0 spiro atoms. The fraction of sp³-hybridized carbons (Fsp3) is 0.250. The number of benzene rings is 2. The van der Waals surface area contributed by atoms with Gasteiger partial charge in [-0.15, -0.1) is 5.10 Å². The lowest BCUT2D eigenvalue weighted by Crippen LogP contribution is -2.20. The van der Waals surface area contributed by atoms with Gasteiger partial charge in [-0.25, -0.2) is 9.67 Å². The second-order valence-corrected chi connectivity index (χ2v) is 7.12. The molecule has 2 N–H and O–H groups in total. The molecule has 3 rings (SSSR count). The topological polar surface area (TPSA) is 54.8 Å². The minimum Gasteiger partial charge on any atom is -0.332 e. The average molecular weight is 400 g/mol. The summed E-state index contributed by atoms with van der Waals surface area (Å²) in [5.41, 5.74) is 3.33. The monoisotopic (exact) mass is 399 g/mol. The third-order valence-corrected chi connectivity index (χ3v) is 4.47. The first-order valence-corrected chi connectivity index (χ1v) is 9.72. The zero-order valence-corrected chi connectivity index (χ0v) is 16.7. The molecule has 0 bridgehead atoms. The average Bonchev–Trinajstić information content (AvgIpc) is 3.07. The summed E-state index contributed by atoms with van der Waals surface area (Å²) in [5, 5.41) is 11.7. The number of nitrogens with zero attached hydrogens (tertiary/aromatic N) is 3. The van der Waals surface area contributed by atoms with Gasteiger partial charge >= 0.3 is 0 Å². The van der Waals surface area contributed by atoms with Crippen molar-refractivity contribution in [3.63, 3.8) is 0 Å². The molecule has 0 aliphatic carbocycles. The van der Waals surface area contributed by atoms with Crippen LogP contribution in [0, 0.1) is 0 Å². The van der Waals surface area contributed by atoms with E-state index in [4.69, 9.17) is 23.8 Å². The van der Waals surface area contributed by atoms with Gasteiger partial charge in [0.1, 0.15) is 6.33 Å². The Morgan fingerprint density at radius 2 is 1.93 bits per heavy atom. The zero-order valence-electron chi connectivity index (χ0n) is 15.2. The van der Waals surface area contributed by atoms with E-state index in [0.717, 1.165) is 17.7 Å². The van der Waals surface area contributed by atoms with E-state index in [9.17, 15) is 0 Å². The highest BCUT2D eigenvalue weighted by atomic mass is 35.5. The van der Waals surface area contributed by atoms with Crippen molar-refractivity contribution in [2.75, 3.05) is 10.6 Å². The highest BCUT2D eigenvalue weighted by molar-refractivity contribution is 7.80. The number of nitrogens with one attached hydrogen (secondary N) is 2. The maximum Gasteiger partial charge on any atom is 0.248 e. The molecule has 27 heavy (non-hydrogen) atoms. The maximum atomic E-state index is 6.01. The Hall–Kier alpha value is -2.44. The predicted octanol–water partition coefficient (Wildman–Crippen LogP) is 5.13. The van der Waals surface area contributed by atoms with E-state index in [1.165, 1.54) is 18.4 Å². The smallest absolute Gasteiger partial charge is 0.248 e. The highest BCUT2D eigenvalue weighted by Gasteiger charge is 2.05. The van der Waals surface area contributed by atoms with Crippen molar-refractivity contribution >= 4 is 40.6 Å². The zero-order chi connectivity index (χ0) is 19.1. The Balaban J connectivity index is 1.53. The number of aryl methyl sites for hydroxylation is 1. The summed E-state index contributed by atoms with van der Waals surface area (Å²) in [6.45, 7) is 2.79. The Labute approximate surface area is 169 Å². The van der Waals surface area contributed by atoms with Crippen LogP contribution in [0.15, 0.2) is 54.9 Å². The number of hydrogen-bond donors (Lipinski definition) is 2. The molecule has 1 aromatic heterocycles. The number of halogens is 1. The fourth-order valence-corrected chi connectivity index (χ4v) is 3.07. The maximum absolute atomic E-state index is 6.01. The summed E-state index contributed by atoms with van der Waals surface area (Å²) in [6, 6.07) is 16.0. The number of thiocarbonyl (C=S) groups is 1. The Morgan fingerprint density at radius 1 is 1.11 bits per heavy atom. The largest absolute Gasteiger partial charge is 0.332 e. The molecule has 0 fully saturated rings. The van der Waals surface area contributed by atoms with Crippen LogP contribution in [0.4, 0.5) is 11.6 Å². The Morgan fingerprint density at radius 3 is 2.67 bits per heavy atom. The lowest BCUT2D eigenvalue weighted by Gasteiger charge is -2.09. The van der Waals surface area contributed by atoms with E-state index in [2.05, 4.69) is 39.8 Å². The molecule has 140 valence electrons. The van der Waals surface area contributed by atoms with Gasteiger partial charge < -0.3 is 5.32 Å². The van der Waals surface area contributed by atoms with Crippen molar-refractivity contribution in [1.82, 2.24) is 14.8 Å². The van der Waals surface area contributed by atoms with Crippen molar-refractivity contribution in [2.45, 2.75) is 32.7 Å². The van der Waals surface area contributed by atoms with Crippen molar-refractivity contribution in [1.29, 1.82) is 0 Å². The van der Waals surface area contributed by atoms with E-state index in [1.54, 1.807) is 11.0 Å². The van der Waals surface area contributed by atoms with Crippen molar-refractivity contribution in [3.8, 4) is 0 Å². The van der Waals surface area contributed by atoms with Crippen LogP contribution in [0.2, 0.25) is 5.02 Å². The number of aromatic nitrogens is 3. The Kier molecular flexibility index (Phi) is 6.79. The molecular formula is C20H22ClN5S. The molecule has 2 aromatic carbocycles. The highest BCUT2D eigenvalue weighted by Crippen LogP contribution is 2.13. The third kappa shape index (κ3) is 6.05. The van der Waals surface area contributed by atoms with Gasteiger partial charge in [0.2, 0.25) is 5.95 Å². The van der Waals surface area contributed by atoms with Crippen molar-refractivity contribution in [2.24, 2.45) is 0 Å². The molecule has 0 saturated heterocycles. The molecule has 0 radical (unpaired) electrons. The van der Waals surface area contributed by atoms with E-state index < -0.39 is 0 Å². The van der Waals surface area contributed by atoms with Gasteiger partial charge in [0.15, 0.2) is 5.11 Å². The first-order valence-electron chi connectivity index (χ1n) is 8.93. The lowest BCUT2D eigenvalue weighted by atomic mass is 10.1. The van der Waals surface area contributed by atoms with E-state index in [0.29, 0.717) is 22.6 Å². The quantitative estimate of drug-likeness (QED) is 0.539. The van der Waals surface area contributed by atoms with Crippen LogP contribution in [0.25, 0.3) is 0 Å². The Bertz CT molecular complexity index is 891. The van der Waals surface area contributed by atoms with Crippen LogP contribution < -0.4 is 10.6 Å². The van der Waals surface area contributed by atoms with Crippen LogP contribution in [-0.4, -0.2) is 19.9 Å². The molecule has 5 nitrogen and oxygen atoms in total. The van der Waals surface area contributed by atoms with Crippen LogP contribution in [0.1, 0.15) is 30.9 Å². The minimum atomic E-state index is 0.453. The number of rotatable bonds is 7. The number of hydrogen-bond acceptors (Lipinski definition) is 3. The van der Waals surface area contributed by atoms with Gasteiger partial charge in [-0.1, -0.05) is 49.2 Å². The van der Waals surface area contributed by atoms with Crippen LogP contribution >= 0.6 is 23.8 Å². The van der Waals surface area contributed by atoms with Gasteiger partial charge in [0.05, 0.1) is 6.54 Å². The number of unbranched alkanes of at least 4 members (excludes halogenated alkanes) is 1. The van der Waals surface area contributed by atoms with Gasteiger partial charge in [-0.3, -0.25) is 5.32 Å². The summed E-state index contributed by atoms with van der Waals surface area (Å²) in [5.74, 6) is 0.453. The van der Waals surface area contributed by atoms with Gasteiger partial charge in [0, 0.05) is 10.7 Å². The second kappa shape index (κ2) is 9.48. The standard InChI is InChI=1S/C20H22ClN5S/c1-2-3-5-15-8-10-18(11-9-15)23-20(27)24-19-22-14-26(25-19)13-16-6-4-7-17(21)12-16/h4,6-12,14H,2-3,5,13H2,1H3,(H2,23,24,25,27). The second-order valence-electron chi connectivity index (χ2n) is 6.28. The SMILES string of the molecule is CCCCc1ccc(NC(=S)Nc2ncn(Cc3cccc(Cl)c3)n2)cc1. The van der Waals surface area contributed by atoms with E-state index in [1.807, 2.05) is 36.4 Å². The normalized spacial score (nSPS) is 10.6. The molecule has 3 aromatic rings. The number of anilines is 2. The first kappa shape index (κ1) is 19.3. The van der Waals surface area contributed by atoms with E-state index >= 15 is 0 Å². The van der Waals surface area contributed by atoms with Crippen LogP contribution in [0.5, 0.6) is 0 Å². The molecule has 0 saturated carbocycles. The lowest BCUT2D eigenvalue weighted by molar-refractivity contribution is 0.687.